The normalized spacial score (nSPS) is 15.4. The average molecular weight is 354 g/mol. The molecule has 0 saturated carbocycles. The first-order valence-corrected chi connectivity index (χ1v) is 9.40. The minimum Gasteiger partial charge on any atom is -0.365 e. The molecule has 3 rings (SSSR count). The molecule has 1 aromatic heterocycles. The lowest BCUT2D eigenvalue weighted by Gasteiger charge is -2.37. The summed E-state index contributed by atoms with van der Waals surface area (Å²) in [4.78, 5) is 16.9. The lowest BCUT2D eigenvalue weighted by atomic mass is 9.91. The van der Waals surface area contributed by atoms with E-state index in [-0.39, 0.29) is 11.3 Å². The van der Waals surface area contributed by atoms with Gasteiger partial charge < -0.3 is 9.80 Å². The standard InChI is InChI=1S/C21H30N4O/c1-16-20(17(2)25(22-16)18-9-7-6-8-10-18)24-13-11-23(12-14-24)19(26)15-21(3,4)5/h6-10H,11-15H2,1-5H3. The van der Waals surface area contributed by atoms with Gasteiger partial charge in [0.2, 0.25) is 5.91 Å². The maximum absolute atomic E-state index is 12.5. The van der Waals surface area contributed by atoms with Gasteiger partial charge in [-0.3, -0.25) is 4.79 Å². The molecule has 0 bridgehead atoms. The van der Waals surface area contributed by atoms with E-state index in [1.807, 2.05) is 27.8 Å². The molecule has 0 N–H and O–H groups in total. The number of rotatable bonds is 3. The van der Waals surface area contributed by atoms with Gasteiger partial charge in [-0.15, -0.1) is 0 Å². The number of aryl methyl sites for hydroxylation is 1. The van der Waals surface area contributed by atoms with Crippen LogP contribution >= 0.6 is 0 Å². The van der Waals surface area contributed by atoms with E-state index in [9.17, 15) is 4.79 Å². The number of piperazine rings is 1. The molecular formula is C21H30N4O. The van der Waals surface area contributed by atoms with E-state index in [4.69, 9.17) is 5.10 Å². The zero-order chi connectivity index (χ0) is 18.9. The van der Waals surface area contributed by atoms with Crippen LogP contribution in [0.4, 0.5) is 5.69 Å². The summed E-state index contributed by atoms with van der Waals surface area (Å²) in [5, 5.41) is 4.75. The van der Waals surface area contributed by atoms with Gasteiger partial charge in [0.15, 0.2) is 0 Å². The van der Waals surface area contributed by atoms with Crippen molar-refractivity contribution in [1.82, 2.24) is 14.7 Å². The number of benzene rings is 1. The van der Waals surface area contributed by atoms with Crippen LogP contribution in [0.25, 0.3) is 5.69 Å². The lowest BCUT2D eigenvalue weighted by molar-refractivity contribution is -0.133. The number of anilines is 1. The van der Waals surface area contributed by atoms with Crippen LogP contribution in [0, 0.1) is 19.3 Å². The summed E-state index contributed by atoms with van der Waals surface area (Å²) in [6, 6.07) is 10.2. The summed E-state index contributed by atoms with van der Waals surface area (Å²) in [5.41, 5.74) is 4.53. The fourth-order valence-corrected chi connectivity index (χ4v) is 3.66. The molecule has 1 aliphatic rings. The van der Waals surface area contributed by atoms with E-state index in [1.165, 1.54) is 5.69 Å². The minimum absolute atomic E-state index is 0.0399. The maximum Gasteiger partial charge on any atom is 0.223 e. The Hall–Kier alpha value is -2.30. The quantitative estimate of drug-likeness (QED) is 0.846. The summed E-state index contributed by atoms with van der Waals surface area (Å²) >= 11 is 0. The van der Waals surface area contributed by atoms with E-state index in [2.05, 4.69) is 51.7 Å². The highest BCUT2D eigenvalue weighted by Gasteiger charge is 2.27. The van der Waals surface area contributed by atoms with Crippen molar-refractivity contribution in [3.63, 3.8) is 0 Å². The van der Waals surface area contributed by atoms with E-state index in [0.717, 1.165) is 43.3 Å². The van der Waals surface area contributed by atoms with Crippen molar-refractivity contribution in [2.45, 2.75) is 41.0 Å². The first-order valence-electron chi connectivity index (χ1n) is 9.40. The Balaban J connectivity index is 1.72. The number of amides is 1. The topological polar surface area (TPSA) is 41.4 Å². The summed E-state index contributed by atoms with van der Waals surface area (Å²) in [6.07, 6.45) is 0.608. The van der Waals surface area contributed by atoms with Gasteiger partial charge in [-0.25, -0.2) is 4.68 Å². The first kappa shape index (κ1) is 18.5. The second-order valence-corrected chi connectivity index (χ2v) is 8.37. The van der Waals surface area contributed by atoms with Crippen LogP contribution < -0.4 is 4.90 Å². The van der Waals surface area contributed by atoms with E-state index >= 15 is 0 Å². The molecule has 0 unspecified atom stereocenters. The zero-order valence-electron chi connectivity index (χ0n) is 16.6. The van der Waals surface area contributed by atoms with Crippen molar-refractivity contribution in [2.75, 3.05) is 31.1 Å². The molecule has 1 aliphatic heterocycles. The molecule has 1 aromatic carbocycles. The van der Waals surface area contributed by atoms with Crippen molar-refractivity contribution in [3.8, 4) is 5.69 Å². The van der Waals surface area contributed by atoms with Crippen LogP contribution in [0.5, 0.6) is 0 Å². The highest BCUT2D eigenvalue weighted by atomic mass is 16.2. The molecule has 1 fully saturated rings. The predicted molar refractivity (Wildman–Crippen MR) is 106 cm³/mol. The second kappa shape index (κ2) is 7.14. The number of nitrogens with zero attached hydrogens (tertiary/aromatic N) is 4. The van der Waals surface area contributed by atoms with Gasteiger partial charge in [0.25, 0.3) is 0 Å². The maximum atomic E-state index is 12.5. The van der Waals surface area contributed by atoms with Gasteiger partial charge in [-0.2, -0.15) is 5.10 Å². The molecule has 2 aromatic rings. The monoisotopic (exact) mass is 354 g/mol. The van der Waals surface area contributed by atoms with Crippen LogP contribution in [0.3, 0.4) is 0 Å². The number of hydrogen-bond acceptors (Lipinski definition) is 3. The number of para-hydroxylation sites is 1. The fraction of sp³-hybridized carbons (Fsp3) is 0.524. The number of aromatic nitrogens is 2. The molecular weight excluding hydrogens is 324 g/mol. The molecule has 0 radical (unpaired) electrons. The van der Waals surface area contributed by atoms with Gasteiger partial charge in [-0.05, 0) is 31.4 Å². The third-order valence-corrected chi connectivity index (χ3v) is 4.88. The average Bonchev–Trinajstić information content (AvgIpc) is 2.89. The Morgan fingerprint density at radius 1 is 1.04 bits per heavy atom. The van der Waals surface area contributed by atoms with Crippen LogP contribution in [-0.4, -0.2) is 46.8 Å². The van der Waals surface area contributed by atoms with Crippen molar-refractivity contribution in [1.29, 1.82) is 0 Å². The van der Waals surface area contributed by atoms with Crippen LogP contribution in [0.15, 0.2) is 30.3 Å². The van der Waals surface area contributed by atoms with Crippen LogP contribution in [0.2, 0.25) is 0 Å². The minimum atomic E-state index is 0.0399. The van der Waals surface area contributed by atoms with Gasteiger partial charge in [0.1, 0.15) is 0 Å². The zero-order valence-corrected chi connectivity index (χ0v) is 16.6. The molecule has 0 atom stereocenters. The van der Waals surface area contributed by atoms with Gasteiger partial charge in [-0.1, -0.05) is 39.0 Å². The van der Waals surface area contributed by atoms with Crippen LogP contribution in [-0.2, 0) is 4.79 Å². The molecule has 1 saturated heterocycles. The van der Waals surface area contributed by atoms with Gasteiger partial charge in [0, 0.05) is 32.6 Å². The Bertz CT molecular complexity index is 765. The van der Waals surface area contributed by atoms with Crippen molar-refractivity contribution in [2.24, 2.45) is 5.41 Å². The van der Waals surface area contributed by atoms with Gasteiger partial charge in [0.05, 0.1) is 22.8 Å². The molecule has 2 heterocycles. The van der Waals surface area contributed by atoms with Crippen molar-refractivity contribution < 1.29 is 4.79 Å². The fourth-order valence-electron chi connectivity index (χ4n) is 3.66. The largest absolute Gasteiger partial charge is 0.365 e. The summed E-state index contributed by atoms with van der Waals surface area (Å²) in [6.45, 7) is 13.8. The van der Waals surface area contributed by atoms with Crippen molar-refractivity contribution in [3.05, 3.63) is 41.7 Å². The van der Waals surface area contributed by atoms with E-state index in [0.29, 0.717) is 6.42 Å². The molecule has 26 heavy (non-hydrogen) atoms. The number of carbonyl (C=O) groups excluding carboxylic acids is 1. The second-order valence-electron chi connectivity index (χ2n) is 8.37. The van der Waals surface area contributed by atoms with Crippen LogP contribution in [0.1, 0.15) is 38.6 Å². The first-order chi connectivity index (χ1) is 12.3. The third kappa shape index (κ3) is 3.92. The third-order valence-electron chi connectivity index (χ3n) is 4.88. The Morgan fingerprint density at radius 2 is 1.65 bits per heavy atom. The summed E-state index contributed by atoms with van der Waals surface area (Å²) < 4.78 is 2.02. The predicted octanol–water partition coefficient (Wildman–Crippen LogP) is 3.57. The van der Waals surface area contributed by atoms with Crippen molar-refractivity contribution >= 4 is 11.6 Å². The Labute approximate surface area is 156 Å². The lowest BCUT2D eigenvalue weighted by Crippen LogP contribution is -2.49. The Morgan fingerprint density at radius 3 is 2.23 bits per heavy atom. The molecule has 140 valence electrons. The molecule has 0 aliphatic carbocycles. The highest BCUT2D eigenvalue weighted by molar-refractivity contribution is 5.77. The van der Waals surface area contributed by atoms with E-state index in [1.54, 1.807) is 0 Å². The van der Waals surface area contributed by atoms with Gasteiger partial charge >= 0.3 is 0 Å². The molecule has 5 nitrogen and oxygen atoms in total. The number of hydrogen-bond donors (Lipinski definition) is 0. The molecule has 1 amide bonds. The number of carbonyl (C=O) groups is 1. The summed E-state index contributed by atoms with van der Waals surface area (Å²) in [5.74, 6) is 0.269. The molecule has 0 spiro atoms. The smallest absolute Gasteiger partial charge is 0.223 e. The highest BCUT2D eigenvalue weighted by Crippen LogP contribution is 2.28. The summed E-state index contributed by atoms with van der Waals surface area (Å²) in [7, 11) is 0. The Kier molecular flexibility index (Phi) is 5.08. The molecule has 5 heteroatoms. The SMILES string of the molecule is Cc1nn(-c2ccccc2)c(C)c1N1CCN(C(=O)CC(C)(C)C)CC1. The van der Waals surface area contributed by atoms with E-state index < -0.39 is 0 Å².